The van der Waals surface area contributed by atoms with Crippen LogP contribution < -0.4 is 0 Å². The van der Waals surface area contributed by atoms with Gasteiger partial charge in [0.05, 0.1) is 0 Å². The van der Waals surface area contributed by atoms with Crippen LogP contribution in [0.4, 0.5) is 13.2 Å². The maximum Gasteiger partial charge on any atom is 0.490 e. The van der Waals surface area contributed by atoms with E-state index in [0.29, 0.717) is 18.4 Å². The molecule has 1 atom stereocenters. The Labute approximate surface area is 90.0 Å². The molecule has 1 aromatic carbocycles. The van der Waals surface area contributed by atoms with Crippen LogP contribution in [0.1, 0.15) is 23.7 Å². The van der Waals surface area contributed by atoms with Gasteiger partial charge in [0.15, 0.2) is 0 Å². The second kappa shape index (κ2) is 3.81. The molecule has 5 heteroatoms. The number of esters is 1. The number of fused-ring (bicyclic) bond motifs is 1. The predicted molar refractivity (Wildman–Crippen MR) is 49.7 cm³/mol. The number of hydrogen-bond acceptors (Lipinski definition) is 2. The minimum atomic E-state index is -4.92. The molecule has 0 spiro atoms. The Balaban J connectivity index is 2.12. The zero-order chi connectivity index (χ0) is 11.8. The largest absolute Gasteiger partial charge is 0.490 e. The van der Waals surface area contributed by atoms with Crippen molar-refractivity contribution in [1.82, 2.24) is 0 Å². The molecule has 0 amide bonds. The first-order valence-corrected chi connectivity index (χ1v) is 4.84. The van der Waals surface area contributed by atoms with E-state index in [-0.39, 0.29) is 0 Å². The zero-order valence-electron chi connectivity index (χ0n) is 8.25. The van der Waals surface area contributed by atoms with E-state index in [4.69, 9.17) is 0 Å². The average molecular weight is 230 g/mol. The molecule has 0 heterocycles. The molecule has 0 aromatic heterocycles. The highest BCUT2D eigenvalue weighted by Crippen LogP contribution is 2.35. The van der Waals surface area contributed by atoms with E-state index < -0.39 is 18.2 Å². The van der Waals surface area contributed by atoms with Crippen LogP contribution in [-0.4, -0.2) is 12.1 Å². The van der Waals surface area contributed by atoms with Crippen LogP contribution in [0.25, 0.3) is 0 Å². The third kappa shape index (κ3) is 2.03. The van der Waals surface area contributed by atoms with Crippen LogP contribution in [0.2, 0.25) is 0 Å². The van der Waals surface area contributed by atoms with E-state index in [9.17, 15) is 18.0 Å². The highest BCUT2D eigenvalue weighted by atomic mass is 19.4. The van der Waals surface area contributed by atoms with Crippen molar-refractivity contribution in [3.63, 3.8) is 0 Å². The normalized spacial score (nSPS) is 19.3. The number of aryl methyl sites for hydroxylation is 1. The van der Waals surface area contributed by atoms with Gasteiger partial charge < -0.3 is 4.74 Å². The smallest absolute Gasteiger partial charge is 0.451 e. The number of alkyl halides is 3. The number of carbonyl (C=O) groups excluding carboxylic acids is 1. The fourth-order valence-corrected chi connectivity index (χ4v) is 1.84. The van der Waals surface area contributed by atoms with Gasteiger partial charge >= 0.3 is 12.1 Å². The molecule has 0 aliphatic heterocycles. The summed E-state index contributed by atoms with van der Waals surface area (Å²) >= 11 is 0. The lowest BCUT2D eigenvalue weighted by Gasteiger charge is -2.14. The first-order valence-electron chi connectivity index (χ1n) is 4.84. The molecule has 2 nitrogen and oxygen atoms in total. The molecular weight excluding hydrogens is 221 g/mol. The van der Waals surface area contributed by atoms with Crippen LogP contribution in [-0.2, 0) is 16.0 Å². The molecule has 1 aliphatic carbocycles. The molecule has 86 valence electrons. The lowest BCUT2D eigenvalue weighted by Crippen LogP contribution is -2.26. The first kappa shape index (κ1) is 11.0. The highest BCUT2D eigenvalue weighted by molar-refractivity contribution is 5.76. The van der Waals surface area contributed by atoms with Crippen LogP contribution in [0.3, 0.4) is 0 Å². The van der Waals surface area contributed by atoms with Crippen LogP contribution in [0.5, 0.6) is 0 Å². The second-order valence-corrected chi connectivity index (χ2v) is 3.63. The molecule has 16 heavy (non-hydrogen) atoms. The number of benzene rings is 1. The summed E-state index contributed by atoms with van der Waals surface area (Å²) in [6.45, 7) is 0. The zero-order valence-corrected chi connectivity index (χ0v) is 8.25. The lowest BCUT2D eigenvalue weighted by atomic mass is 10.1. The van der Waals surface area contributed by atoms with Crippen molar-refractivity contribution in [1.29, 1.82) is 0 Å². The van der Waals surface area contributed by atoms with Crippen molar-refractivity contribution in [2.75, 3.05) is 0 Å². The van der Waals surface area contributed by atoms with Crippen LogP contribution >= 0.6 is 0 Å². The van der Waals surface area contributed by atoms with Crippen molar-refractivity contribution in [2.45, 2.75) is 25.1 Å². The second-order valence-electron chi connectivity index (χ2n) is 3.63. The van der Waals surface area contributed by atoms with Crippen molar-refractivity contribution in [3.05, 3.63) is 35.4 Å². The molecule has 1 aromatic rings. The lowest BCUT2D eigenvalue weighted by molar-refractivity contribution is -0.205. The summed E-state index contributed by atoms with van der Waals surface area (Å²) < 4.78 is 40.5. The molecule has 0 saturated heterocycles. The van der Waals surface area contributed by atoms with Gasteiger partial charge in [-0.2, -0.15) is 13.2 Å². The topological polar surface area (TPSA) is 26.3 Å². The number of rotatable bonds is 1. The molecule has 0 radical (unpaired) electrons. The fourth-order valence-electron chi connectivity index (χ4n) is 1.84. The quantitative estimate of drug-likeness (QED) is 0.693. The van der Waals surface area contributed by atoms with Gasteiger partial charge in [-0.1, -0.05) is 24.3 Å². The van der Waals surface area contributed by atoms with Crippen molar-refractivity contribution >= 4 is 5.97 Å². The summed E-state index contributed by atoms with van der Waals surface area (Å²) in [7, 11) is 0. The average Bonchev–Trinajstić information content (AvgIpc) is 2.61. The van der Waals surface area contributed by atoms with E-state index in [1.165, 1.54) is 0 Å². The van der Waals surface area contributed by atoms with Gasteiger partial charge in [0.2, 0.25) is 0 Å². The predicted octanol–water partition coefficient (Wildman–Crippen LogP) is 2.78. The third-order valence-electron chi connectivity index (χ3n) is 2.56. The standard InChI is InChI=1S/C11H9F3O2/c12-11(13,14)10(15)16-9-6-5-7-3-1-2-4-8(7)9/h1-4,9H,5-6H2/t9-/m1/s1. The van der Waals surface area contributed by atoms with Gasteiger partial charge in [-0.25, -0.2) is 4.79 Å². The van der Waals surface area contributed by atoms with Gasteiger partial charge in [-0.15, -0.1) is 0 Å². The highest BCUT2D eigenvalue weighted by Gasteiger charge is 2.43. The summed E-state index contributed by atoms with van der Waals surface area (Å²) in [5.41, 5.74) is 1.63. The van der Waals surface area contributed by atoms with Gasteiger partial charge in [0, 0.05) is 0 Å². The van der Waals surface area contributed by atoms with Crippen LogP contribution in [0, 0.1) is 0 Å². The Kier molecular flexibility index (Phi) is 2.61. The molecule has 0 fully saturated rings. The van der Waals surface area contributed by atoms with E-state index in [2.05, 4.69) is 4.74 Å². The number of halogens is 3. The Morgan fingerprint density at radius 1 is 1.31 bits per heavy atom. The van der Waals surface area contributed by atoms with Gasteiger partial charge in [0.25, 0.3) is 0 Å². The van der Waals surface area contributed by atoms with E-state index in [1.807, 2.05) is 12.1 Å². The minimum absolute atomic E-state index is 0.418. The van der Waals surface area contributed by atoms with E-state index in [1.54, 1.807) is 12.1 Å². The van der Waals surface area contributed by atoms with Gasteiger partial charge in [-0.05, 0) is 24.0 Å². The molecule has 0 bridgehead atoms. The summed E-state index contributed by atoms with van der Waals surface area (Å²) in [5, 5.41) is 0. The Morgan fingerprint density at radius 3 is 2.69 bits per heavy atom. The van der Waals surface area contributed by atoms with Crippen molar-refractivity contribution in [3.8, 4) is 0 Å². The SMILES string of the molecule is O=C(O[C@@H]1CCc2ccccc21)C(F)(F)F. The Morgan fingerprint density at radius 2 is 2.00 bits per heavy atom. The maximum atomic E-state index is 12.0. The molecule has 0 unspecified atom stereocenters. The molecule has 0 saturated carbocycles. The van der Waals surface area contributed by atoms with Gasteiger partial charge in [-0.3, -0.25) is 0 Å². The van der Waals surface area contributed by atoms with Crippen molar-refractivity contribution in [2.24, 2.45) is 0 Å². The van der Waals surface area contributed by atoms with Crippen LogP contribution in [0.15, 0.2) is 24.3 Å². The number of ether oxygens (including phenoxy) is 1. The summed E-state index contributed by atoms with van der Waals surface area (Å²) in [4.78, 5) is 10.7. The molecule has 1 aliphatic rings. The summed E-state index contributed by atoms with van der Waals surface area (Å²) in [6, 6.07) is 7.05. The van der Waals surface area contributed by atoms with E-state index >= 15 is 0 Å². The molecule has 2 rings (SSSR count). The monoisotopic (exact) mass is 230 g/mol. The fraction of sp³-hybridized carbons (Fsp3) is 0.364. The minimum Gasteiger partial charge on any atom is -0.451 e. The Hall–Kier alpha value is -1.52. The third-order valence-corrected chi connectivity index (χ3v) is 2.56. The maximum absolute atomic E-state index is 12.0. The van der Waals surface area contributed by atoms with Crippen molar-refractivity contribution < 1.29 is 22.7 Å². The van der Waals surface area contributed by atoms with E-state index in [0.717, 1.165) is 5.56 Å². The molecular formula is C11H9F3O2. The molecule has 0 N–H and O–H groups in total. The Bertz CT molecular complexity index is 412. The first-order chi connectivity index (χ1) is 7.48. The summed E-state index contributed by atoms with van der Waals surface area (Å²) in [5.74, 6) is -2.12. The van der Waals surface area contributed by atoms with Gasteiger partial charge in [0.1, 0.15) is 6.10 Å². The number of carbonyl (C=O) groups is 1. The summed E-state index contributed by atoms with van der Waals surface area (Å²) in [6.07, 6.45) is -4.62. The number of hydrogen-bond donors (Lipinski definition) is 0.